The molecule has 3 unspecified atom stereocenters. The van der Waals surface area contributed by atoms with Crippen LogP contribution in [0, 0.1) is 5.92 Å². The van der Waals surface area contributed by atoms with E-state index in [1.165, 1.54) is 89.9 Å². The van der Waals surface area contributed by atoms with Gasteiger partial charge in [-0.1, -0.05) is 124 Å². The monoisotopic (exact) mass is 481 g/mol. The third-order valence-corrected chi connectivity index (χ3v) is 7.34. The predicted molar refractivity (Wildman–Crippen MR) is 145 cm³/mol. The van der Waals surface area contributed by atoms with Crippen molar-refractivity contribution >= 4 is 5.97 Å². The molecular formula is C30H59NO3. The first-order chi connectivity index (χ1) is 16.5. The molecule has 1 rings (SSSR count). The number of nitrogens with zero attached hydrogens (tertiary/aromatic N) is 1. The molecule has 0 saturated carbocycles. The number of β-amino-alcohol motifs (C(OH)–C–C–N with tert-alkyl or cyclic N) is 1. The second kappa shape index (κ2) is 20.6. The van der Waals surface area contributed by atoms with Gasteiger partial charge in [-0.15, -0.1) is 0 Å². The zero-order valence-corrected chi connectivity index (χ0v) is 23.4. The van der Waals surface area contributed by atoms with Gasteiger partial charge in [0.2, 0.25) is 0 Å². The SMILES string of the molecule is CCCCCCCCCCC(O)CN1CC(CCCCCCCCCC)OC(=O)C1CC(C)C. The topological polar surface area (TPSA) is 49.8 Å². The molecule has 4 nitrogen and oxygen atoms in total. The van der Waals surface area contributed by atoms with Gasteiger partial charge < -0.3 is 9.84 Å². The fraction of sp³-hybridized carbons (Fsp3) is 0.967. The molecule has 0 bridgehead atoms. The molecule has 0 aromatic carbocycles. The third-order valence-electron chi connectivity index (χ3n) is 7.34. The fourth-order valence-corrected chi connectivity index (χ4v) is 5.24. The van der Waals surface area contributed by atoms with Crippen molar-refractivity contribution in [1.29, 1.82) is 0 Å². The number of unbranched alkanes of at least 4 members (excludes halogenated alkanes) is 14. The van der Waals surface area contributed by atoms with E-state index in [0.717, 1.165) is 38.6 Å². The van der Waals surface area contributed by atoms with Crippen LogP contribution in [0.4, 0.5) is 0 Å². The van der Waals surface area contributed by atoms with Crippen LogP contribution in [0.15, 0.2) is 0 Å². The molecule has 202 valence electrons. The van der Waals surface area contributed by atoms with E-state index in [1.807, 2.05) is 0 Å². The first kappa shape index (κ1) is 31.4. The van der Waals surface area contributed by atoms with Gasteiger partial charge in [0.15, 0.2) is 0 Å². The van der Waals surface area contributed by atoms with Crippen molar-refractivity contribution in [3.8, 4) is 0 Å². The number of hydrogen-bond acceptors (Lipinski definition) is 4. The zero-order chi connectivity index (χ0) is 25.0. The highest BCUT2D eigenvalue weighted by atomic mass is 16.5. The third kappa shape index (κ3) is 15.4. The molecule has 1 N–H and O–H groups in total. The van der Waals surface area contributed by atoms with E-state index in [1.54, 1.807) is 0 Å². The highest BCUT2D eigenvalue weighted by molar-refractivity contribution is 5.76. The highest BCUT2D eigenvalue weighted by Crippen LogP contribution is 2.24. The first-order valence-corrected chi connectivity index (χ1v) is 15.1. The number of esters is 1. The molecule has 3 atom stereocenters. The number of aliphatic hydroxyl groups is 1. The average molecular weight is 482 g/mol. The molecule has 1 fully saturated rings. The van der Waals surface area contributed by atoms with Crippen molar-refractivity contribution in [1.82, 2.24) is 4.90 Å². The summed E-state index contributed by atoms with van der Waals surface area (Å²) in [7, 11) is 0. The fourth-order valence-electron chi connectivity index (χ4n) is 5.24. The van der Waals surface area contributed by atoms with E-state index in [0.29, 0.717) is 12.5 Å². The maximum absolute atomic E-state index is 12.8. The van der Waals surface area contributed by atoms with E-state index in [4.69, 9.17) is 4.74 Å². The summed E-state index contributed by atoms with van der Waals surface area (Å²) in [5.41, 5.74) is 0. The summed E-state index contributed by atoms with van der Waals surface area (Å²) in [4.78, 5) is 15.1. The predicted octanol–water partition coefficient (Wildman–Crippen LogP) is 8.05. The summed E-state index contributed by atoms with van der Waals surface area (Å²) in [5, 5.41) is 10.7. The second-order valence-corrected chi connectivity index (χ2v) is 11.3. The van der Waals surface area contributed by atoms with Crippen LogP contribution in [-0.4, -0.2) is 47.3 Å². The maximum Gasteiger partial charge on any atom is 0.323 e. The Morgan fingerprint density at radius 2 is 1.32 bits per heavy atom. The molecule has 0 aromatic heterocycles. The number of morpholine rings is 1. The first-order valence-electron chi connectivity index (χ1n) is 15.1. The molecule has 0 aromatic rings. The van der Waals surface area contributed by atoms with E-state index in [9.17, 15) is 9.90 Å². The molecule has 1 heterocycles. The second-order valence-electron chi connectivity index (χ2n) is 11.3. The number of rotatable bonds is 22. The van der Waals surface area contributed by atoms with Crippen LogP contribution in [0.1, 0.15) is 150 Å². The summed E-state index contributed by atoms with van der Waals surface area (Å²) < 4.78 is 5.86. The molecule has 0 amide bonds. The molecule has 1 aliphatic rings. The highest BCUT2D eigenvalue weighted by Gasteiger charge is 2.37. The average Bonchev–Trinajstić information content (AvgIpc) is 2.79. The molecular weight excluding hydrogens is 422 g/mol. The molecule has 34 heavy (non-hydrogen) atoms. The summed E-state index contributed by atoms with van der Waals surface area (Å²) in [6, 6.07) is -0.192. The van der Waals surface area contributed by atoms with Crippen LogP contribution in [0.25, 0.3) is 0 Å². The van der Waals surface area contributed by atoms with Crippen LogP contribution < -0.4 is 0 Å². The Morgan fingerprint density at radius 3 is 1.85 bits per heavy atom. The van der Waals surface area contributed by atoms with Crippen molar-refractivity contribution in [3.63, 3.8) is 0 Å². The van der Waals surface area contributed by atoms with Gasteiger partial charge in [-0.25, -0.2) is 0 Å². The van der Waals surface area contributed by atoms with Gasteiger partial charge in [0.1, 0.15) is 12.1 Å². The molecule has 4 heteroatoms. The molecule has 1 saturated heterocycles. The minimum absolute atomic E-state index is 0.00803. The lowest BCUT2D eigenvalue weighted by molar-refractivity contribution is -0.169. The van der Waals surface area contributed by atoms with Gasteiger partial charge in [-0.2, -0.15) is 0 Å². The number of carbonyl (C=O) groups is 1. The largest absolute Gasteiger partial charge is 0.460 e. The lowest BCUT2D eigenvalue weighted by Gasteiger charge is -2.40. The number of cyclic esters (lactones) is 1. The van der Waals surface area contributed by atoms with Crippen LogP contribution in [0.3, 0.4) is 0 Å². The Hall–Kier alpha value is -0.610. The van der Waals surface area contributed by atoms with Crippen LogP contribution >= 0.6 is 0 Å². The van der Waals surface area contributed by atoms with Crippen molar-refractivity contribution in [2.24, 2.45) is 5.92 Å². The summed E-state index contributed by atoms with van der Waals surface area (Å²) in [6.45, 7) is 10.2. The summed E-state index contributed by atoms with van der Waals surface area (Å²) in [5.74, 6) is 0.373. The normalized spacial score (nSPS) is 20.1. The van der Waals surface area contributed by atoms with Gasteiger partial charge in [0.25, 0.3) is 0 Å². The number of aliphatic hydroxyl groups excluding tert-OH is 1. The molecule has 0 spiro atoms. The van der Waals surface area contributed by atoms with E-state index < -0.39 is 0 Å². The lowest BCUT2D eigenvalue weighted by atomic mass is 9.98. The van der Waals surface area contributed by atoms with Crippen LogP contribution in [0.5, 0.6) is 0 Å². The van der Waals surface area contributed by atoms with Crippen molar-refractivity contribution in [2.45, 2.75) is 168 Å². The number of carbonyl (C=O) groups excluding carboxylic acids is 1. The van der Waals surface area contributed by atoms with E-state index in [2.05, 4.69) is 32.6 Å². The summed E-state index contributed by atoms with van der Waals surface area (Å²) in [6.07, 6.45) is 22.9. The van der Waals surface area contributed by atoms with Crippen molar-refractivity contribution in [3.05, 3.63) is 0 Å². The smallest absolute Gasteiger partial charge is 0.323 e. The number of hydrogen-bond donors (Lipinski definition) is 1. The standard InChI is InChI=1S/C30H59NO3/c1-5-7-9-11-13-15-17-19-21-27(32)24-31-25-28(34-30(33)29(31)23-26(3)4)22-20-18-16-14-12-10-8-6-2/h26-29,32H,5-25H2,1-4H3. The molecule has 1 aliphatic heterocycles. The van der Waals surface area contributed by atoms with Crippen LogP contribution in [-0.2, 0) is 9.53 Å². The Kier molecular flexibility index (Phi) is 19.0. The van der Waals surface area contributed by atoms with Gasteiger partial charge >= 0.3 is 5.97 Å². The van der Waals surface area contributed by atoms with Gasteiger partial charge in [-0.05, 0) is 31.6 Å². The Morgan fingerprint density at radius 1 is 0.824 bits per heavy atom. The van der Waals surface area contributed by atoms with Crippen molar-refractivity contribution in [2.75, 3.05) is 13.1 Å². The Labute approximate surface area is 212 Å². The molecule has 0 aliphatic carbocycles. The van der Waals surface area contributed by atoms with Crippen molar-refractivity contribution < 1.29 is 14.6 Å². The van der Waals surface area contributed by atoms with Gasteiger partial charge in [-0.3, -0.25) is 9.69 Å². The maximum atomic E-state index is 12.8. The van der Waals surface area contributed by atoms with Crippen LogP contribution in [0.2, 0.25) is 0 Å². The van der Waals surface area contributed by atoms with Gasteiger partial charge in [0, 0.05) is 13.1 Å². The minimum Gasteiger partial charge on any atom is -0.460 e. The summed E-state index contributed by atoms with van der Waals surface area (Å²) >= 11 is 0. The van der Waals surface area contributed by atoms with E-state index in [-0.39, 0.29) is 24.2 Å². The van der Waals surface area contributed by atoms with Gasteiger partial charge in [0.05, 0.1) is 6.10 Å². The Bertz CT molecular complexity index is 480. The lowest BCUT2D eigenvalue weighted by Crippen LogP contribution is -2.55. The Balaban J connectivity index is 2.35. The van der Waals surface area contributed by atoms with E-state index >= 15 is 0 Å². The quantitative estimate of drug-likeness (QED) is 0.125. The molecule has 0 radical (unpaired) electrons. The number of ether oxygens (including phenoxy) is 1. The minimum atomic E-state index is -0.343. The zero-order valence-electron chi connectivity index (χ0n) is 23.4.